The average molecular weight is 855 g/mol. The number of aliphatic hydroxyl groups excluding tert-OH is 1. The highest BCUT2D eigenvalue weighted by molar-refractivity contribution is 7.22. The highest BCUT2D eigenvalue weighted by Gasteiger charge is 2.39. The quantitative estimate of drug-likeness (QED) is 0.0853. The Kier molecular flexibility index (Phi) is 11.4. The molecule has 0 radical (unpaired) electrons. The zero-order valence-electron chi connectivity index (χ0n) is 35.1. The SMILES string of the molecule is COC(=O)N[C@H](C(=O)N1CCC[C@H]1c1nc2c(ccc3cc(-c4cc5ccc(-c6cnc([C@@H]7CCCN7C(O)[C@H](NC(=O)OC)c7ccccc7)[nH]6)cc5s4)ccc32)[nH]1)C(C)C. The van der Waals surface area contributed by atoms with E-state index in [0.29, 0.717) is 13.1 Å². The Morgan fingerprint density at radius 2 is 1.56 bits per heavy atom. The number of ether oxygens (including phenoxy) is 2. The normalized spacial score (nSPS) is 18.4. The van der Waals surface area contributed by atoms with Gasteiger partial charge in [-0.15, -0.1) is 11.3 Å². The maximum atomic E-state index is 13.7. The summed E-state index contributed by atoms with van der Waals surface area (Å²) in [6, 6.07) is 27.0. The number of aromatic amines is 2. The van der Waals surface area contributed by atoms with E-state index in [2.05, 4.69) is 75.2 Å². The number of benzene rings is 4. The third-order valence-corrected chi connectivity index (χ3v) is 13.5. The fourth-order valence-corrected chi connectivity index (χ4v) is 10.2. The van der Waals surface area contributed by atoms with Crippen LogP contribution < -0.4 is 10.6 Å². The molecule has 5 N–H and O–H groups in total. The maximum Gasteiger partial charge on any atom is 0.407 e. The molecule has 4 aromatic carbocycles. The summed E-state index contributed by atoms with van der Waals surface area (Å²) in [6.07, 6.45) is 2.94. The van der Waals surface area contributed by atoms with E-state index in [-0.39, 0.29) is 23.9 Å². The molecule has 2 saturated heterocycles. The van der Waals surface area contributed by atoms with Crippen LogP contribution in [-0.4, -0.2) is 92.5 Å². The van der Waals surface area contributed by atoms with Gasteiger partial charge in [-0.3, -0.25) is 9.69 Å². The number of likely N-dealkylation sites (tertiary alicyclic amines) is 2. The summed E-state index contributed by atoms with van der Waals surface area (Å²) in [7, 11) is 2.61. The van der Waals surface area contributed by atoms with Crippen LogP contribution in [0.15, 0.2) is 91.1 Å². The summed E-state index contributed by atoms with van der Waals surface area (Å²) in [6.45, 7) is 5.07. The number of carbonyl (C=O) groups is 3. The van der Waals surface area contributed by atoms with Gasteiger partial charge >= 0.3 is 12.2 Å². The van der Waals surface area contributed by atoms with Crippen LogP contribution in [0.2, 0.25) is 0 Å². The molecule has 1 unspecified atom stereocenters. The second kappa shape index (κ2) is 17.2. The van der Waals surface area contributed by atoms with Gasteiger partial charge in [0, 0.05) is 33.6 Å². The number of aromatic nitrogens is 4. The van der Waals surface area contributed by atoms with Crippen molar-refractivity contribution in [1.82, 2.24) is 40.4 Å². The molecule has 320 valence electrons. The van der Waals surface area contributed by atoms with E-state index in [1.165, 1.54) is 14.2 Å². The Balaban J connectivity index is 0.934. The number of H-pyrrole nitrogens is 2. The minimum atomic E-state index is -1.00. The summed E-state index contributed by atoms with van der Waals surface area (Å²) in [4.78, 5) is 60.0. The Morgan fingerprint density at radius 1 is 0.823 bits per heavy atom. The van der Waals surface area contributed by atoms with E-state index >= 15 is 0 Å². The molecule has 14 nitrogen and oxygen atoms in total. The number of hydrogen-bond acceptors (Lipinski definition) is 10. The number of carbonyl (C=O) groups excluding carboxylic acids is 3. The van der Waals surface area contributed by atoms with Gasteiger partial charge in [-0.1, -0.05) is 74.5 Å². The molecule has 3 aromatic heterocycles. The van der Waals surface area contributed by atoms with Gasteiger partial charge in [0.2, 0.25) is 5.91 Å². The number of amides is 3. The Morgan fingerprint density at radius 3 is 2.35 bits per heavy atom. The van der Waals surface area contributed by atoms with Crippen molar-refractivity contribution < 1.29 is 29.0 Å². The monoisotopic (exact) mass is 854 g/mol. The minimum absolute atomic E-state index is 0.111. The van der Waals surface area contributed by atoms with Crippen LogP contribution in [0.1, 0.15) is 74.9 Å². The molecule has 9 rings (SSSR count). The first-order valence-electron chi connectivity index (χ1n) is 21.1. The van der Waals surface area contributed by atoms with E-state index in [1.54, 1.807) is 11.3 Å². The molecule has 7 aromatic rings. The highest BCUT2D eigenvalue weighted by Crippen LogP contribution is 2.40. The van der Waals surface area contributed by atoms with Gasteiger partial charge in [0.15, 0.2) is 0 Å². The van der Waals surface area contributed by atoms with Gasteiger partial charge in [0.25, 0.3) is 0 Å². The van der Waals surface area contributed by atoms with Crippen molar-refractivity contribution in [3.05, 3.63) is 108 Å². The first-order chi connectivity index (χ1) is 30.1. The number of alkyl carbamates (subject to hydrolysis) is 2. The topological polar surface area (TPSA) is 178 Å². The Hall–Kier alpha value is -6.29. The molecule has 15 heteroatoms. The van der Waals surface area contributed by atoms with E-state index in [0.717, 1.165) is 96.5 Å². The van der Waals surface area contributed by atoms with Crippen molar-refractivity contribution in [1.29, 1.82) is 0 Å². The average Bonchev–Trinajstić information content (AvgIpc) is 4.15. The molecule has 0 saturated carbocycles. The van der Waals surface area contributed by atoms with Crippen LogP contribution in [0.25, 0.3) is 53.6 Å². The second-order valence-corrected chi connectivity index (χ2v) is 17.5. The van der Waals surface area contributed by atoms with Crippen molar-refractivity contribution in [3.63, 3.8) is 0 Å². The van der Waals surface area contributed by atoms with Crippen molar-refractivity contribution in [2.24, 2.45) is 5.92 Å². The smallest absolute Gasteiger partial charge is 0.407 e. The molecular formula is C47H50N8O6S. The summed E-state index contributed by atoms with van der Waals surface area (Å²) < 4.78 is 10.8. The minimum Gasteiger partial charge on any atom is -0.453 e. The number of nitrogens with one attached hydrogen (secondary N) is 4. The van der Waals surface area contributed by atoms with Crippen LogP contribution >= 0.6 is 11.3 Å². The third-order valence-electron chi connectivity index (χ3n) is 12.3. The first kappa shape index (κ1) is 41.1. The molecular weight excluding hydrogens is 805 g/mol. The summed E-state index contributed by atoms with van der Waals surface area (Å²) in [5, 5.41) is 20.5. The van der Waals surface area contributed by atoms with Crippen LogP contribution in [0.5, 0.6) is 0 Å². The number of thiophene rings is 1. The number of rotatable bonds is 11. The lowest BCUT2D eigenvalue weighted by molar-refractivity contribution is -0.135. The number of hydrogen-bond donors (Lipinski definition) is 5. The molecule has 3 amide bonds. The van der Waals surface area contributed by atoms with Crippen LogP contribution in [0, 0.1) is 5.92 Å². The predicted molar refractivity (Wildman–Crippen MR) is 239 cm³/mol. The summed E-state index contributed by atoms with van der Waals surface area (Å²) >= 11 is 1.73. The first-order valence-corrected chi connectivity index (χ1v) is 21.9. The molecule has 2 aliphatic rings. The molecule has 2 fully saturated rings. The van der Waals surface area contributed by atoms with Crippen molar-refractivity contribution in [2.45, 2.75) is 69.9 Å². The zero-order chi connectivity index (χ0) is 43.1. The Labute approximate surface area is 362 Å². The molecule has 62 heavy (non-hydrogen) atoms. The lowest BCUT2D eigenvalue weighted by Gasteiger charge is -2.34. The van der Waals surface area contributed by atoms with E-state index < -0.39 is 30.5 Å². The molecule has 5 atom stereocenters. The Bertz CT molecular complexity index is 2760. The summed E-state index contributed by atoms with van der Waals surface area (Å²) in [5.74, 6) is 1.27. The molecule has 0 aliphatic carbocycles. The number of imidazole rings is 2. The van der Waals surface area contributed by atoms with Gasteiger partial charge in [0.1, 0.15) is 23.9 Å². The number of fused-ring (bicyclic) bond motifs is 4. The van der Waals surface area contributed by atoms with Gasteiger partial charge in [-0.05, 0) is 77.8 Å². The van der Waals surface area contributed by atoms with E-state index in [1.807, 2.05) is 60.2 Å². The van der Waals surface area contributed by atoms with Gasteiger partial charge in [-0.2, -0.15) is 0 Å². The largest absolute Gasteiger partial charge is 0.453 e. The van der Waals surface area contributed by atoms with Crippen molar-refractivity contribution >= 4 is 61.3 Å². The number of methoxy groups -OCH3 is 2. The van der Waals surface area contributed by atoms with Crippen LogP contribution in [-0.2, 0) is 14.3 Å². The number of aliphatic hydroxyl groups is 1. The lowest BCUT2D eigenvalue weighted by Crippen LogP contribution is -2.51. The van der Waals surface area contributed by atoms with E-state index in [4.69, 9.17) is 19.4 Å². The van der Waals surface area contributed by atoms with Gasteiger partial charge in [0.05, 0.1) is 55.3 Å². The lowest BCUT2D eigenvalue weighted by atomic mass is 10.0. The fourth-order valence-electron chi connectivity index (χ4n) is 9.09. The van der Waals surface area contributed by atoms with Gasteiger partial charge < -0.3 is 40.1 Å². The molecule has 2 aliphatic heterocycles. The fraction of sp³-hybridized carbons (Fsp3) is 0.340. The van der Waals surface area contributed by atoms with Crippen LogP contribution in [0.4, 0.5) is 9.59 Å². The zero-order valence-corrected chi connectivity index (χ0v) is 35.9. The standard InChI is InChI=1S/C47H50N8O6S/c1-26(2)39(52-46(58)60-3)44(56)55-21-9-13-36(55)43-49-33-19-17-28-22-30(16-18-32(28)41(33)51-43)38-24-31-15-14-29(23-37(31)62-38)34-25-48-42(50-34)35-12-8-20-54(35)45(57)40(53-47(59)61-4)27-10-6-5-7-11-27/h5-7,10-11,14-19,22-26,35-36,39-40,45,57H,8-9,12-13,20-21H2,1-4H3,(H,48,50)(H,49,51)(H,52,58)(H,53,59)/t35-,36-,39-,40+,45?/m0/s1. The third kappa shape index (κ3) is 7.87. The highest BCUT2D eigenvalue weighted by atomic mass is 32.1. The number of nitrogens with zero attached hydrogens (tertiary/aromatic N) is 4. The molecule has 0 spiro atoms. The van der Waals surface area contributed by atoms with E-state index in [9.17, 15) is 19.5 Å². The molecule has 5 heterocycles. The summed E-state index contributed by atoms with van der Waals surface area (Å²) in [5.41, 5.74) is 5.57. The predicted octanol–water partition coefficient (Wildman–Crippen LogP) is 8.58. The molecule has 0 bridgehead atoms. The van der Waals surface area contributed by atoms with Crippen molar-refractivity contribution in [3.8, 4) is 21.7 Å². The van der Waals surface area contributed by atoms with Crippen LogP contribution in [0.3, 0.4) is 0 Å². The van der Waals surface area contributed by atoms with Gasteiger partial charge in [-0.25, -0.2) is 19.6 Å². The second-order valence-electron chi connectivity index (χ2n) is 16.4. The van der Waals surface area contributed by atoms with Crippen molar-refractivity contribution in [2.75, 3.05) is 27.3 Å². The maximum absolute atomic E-state index is 13.7.